The molecule has 1 saturated heterocycles. The van der Waals surface area contributed by atoms with E-state index >= 15 is 0 Å². The van der Waals surface area contributed by atoms with E-state index in [1.807, 2.05) is 60.7 Å². The van der Waals surface area contributed by atoms with Gasteiger partial charge in [0.1, 0.15) is 0 Å². The van der Waals surface area contributed by atoms with Crippen LogP contribution in [0.1, 0.15) is 47.2 Å². The van der Waals surface area contributed by atoms with Crippen molar-refractivity contribution >= 4 is 29.5 Å². The second kappa shape index (κ2) is 15.8. The Labute approximate surface area is 222 Å². The predicted molar refractivity (Wildman–Crippen MR) is 147 cm³/mol. The fraction of sp³-hybridized carbons (Fsp3) is 0.233. The molecule has 0 saturated carbocycles. The van der Waals surface area contributed by atoms with Gasteiger partial charge in [0.25, 0.3) is 5.91 Å². The number of rotatable bonds is 9. The number of nitrogens with one attached hydrogen (secondary N) is 2. The zero-order valence-corrected chi connectivity index (χ0v) is 21.2. The molecule has 1 fully saturated rings. The van der Waals surface area contributed by atoms with Crippen LogP contribution in [-0.4, -0.2) is 30.6 Å². The van der Waals surface area contributed by atoms with Crippen LogP contribution in [0, 0.1) is 0 Å². The number of aryl methyl sites for hydroxylation is 1. The van der Waals surface area contributed by atoms with Gasteiger partial charge >= 0.3 is 0 Å². The zero-order chi connectivity index (χ0) is 27.0. The van der Waals surface area contributed by atoms with E-state index in [1.165, 1.54) is 6.08 Å². The summed E-state index contributed by atoms with van der Waals surface area (Å²) in [5, 5.41) is 2.84. The Morgan fingerprint density at radius 1 is 0.921 bits per heavy atom. The molecule has 0 radical (unpaired) electrons. The molecule has 198 valence electrons. The van der Waals surface area contributed by atoms with Crippen molar-refractivity contribution in [2.24, 2.45) is 5.73 Å². The van der Waals surface area contributed by atoms with Crippen LogP contribution in [0.3, 0.4) is 0 Å². The third kappa shape index (κ3) is 10.8. The van der Waals surface area contributed by atoms with E-state index in [2.05, 4.69) is 10.8 Å². The first-order chi connectivity index (χ1) is 18.5. The Bertz CT molecular complexity index is 1180. The summed E-state index contributed by atoms with van der Waals surface area (Å²) < 4.78 is 5.40. The Kier molecular flexibility index (Phi) is 11.7. The summed E-state index contributed by atoms with van der Waals surface area (Å²) in [4.78, 5) is 39.7. The van der Waals surface area contributed by atoms with Crippen LogP contribution in [0.15, 0.2) is 91.0 Å². The number of amides is 3. The molecule has 1 aliphatic heterocycles. The van der Waals surface area contributed by atoms with Crippen molar-refractivity contribution in [2.75, 3.05) is 11.9 Å². The number of benzene rings is 3. The highest BCUT2D eigenvalue weighted by Crippen LogP contribution is 2.14. The van der Waals surface area contributed by atoms with Crippen molar-refractivity contribution in [3.63, 3.8) is 0 Å². The molecular formula is C30H33N3O5. The normalized spacial score (nSPS) is 14.7. The van der Waals surface area contributed by atoms with Gasteiger partial charge in [-0.2, -0.15) is 0 Å². The Morgan fingerprint density at radius 2 is 1.61 bits per heavy atom. The van der Waals surface area contributed by atoms with Crippen molar-refractivity contribution in [1.82, 2.24) is 5.48 Å². The lowest BCUT2D eigenvalue weighted by Gasteiger charge is -2.22. The summed E-state index contributed by atoms with van der Waals surface area (Å²) in [6.07, 6.45) is 6.55. The maximum absolute atomic E-state index is 12.1. The highest BCUT2D eigenvalue weighted by molar-refractivity contribution is 5.95. The summed E-state index contributed by atoms with van der Waals surface area (Å²) in [5.41, 5.74) is 10.5. The first kappa shape index (κ1) is 28.3. The minimum Gasteiger partial charge on any atom is -0.366 e. The zero-order valence-electron chi connectivity index (χ0n) is 21.2. The van der Waals surface area contributed by atoms with Gasteiger partial charge in [0, 0.05) is 36.8 Å². The quantitative estimate of drug-likeness (QED) is 0.284. The van der Waals surface area contributed by atoms with Crippen molar-refractivity contribution in [2.45, 2.75) is 38.4 Å². The first-order valence-electron chi connectivity index (χ1n) is 12.5. The van der Waals surface area contributed by atoms with Gasteiger partial charge in [-0.05, 0) is 60.7 Å². The molecule has 4 N–H and O–H groups in total. The molecule has 3 amide bonds. The molecule has 0 aromatic heterocycles. The van der Waals surface area contributed by atoms with Crippen LogP contribution in [0.25, 0.3) is 6.08 Å². The van der Waals surface area contributed by atoms with E-state index in [4.69, 9.17) is 15.3 Å². The molecular weight excluding hydrogens is 482 g/mol. The molecule has 4 rings (SSSR count). The topological polar surface area (TPSA) is 120 Å². The molecule has 8 nitrogen and oxygen atoms in total. The van der Waals surface area contributed by atoms with Gasteiger partial charge in [-0.15, -0.1) is 0 Å². The standard InChI is InChI=1S/C21H24N2O4.C9H9NO/c24-19(14-9-16-6-2-1-3-7-16)22-18-12-10-17(11-13-18)21(25)23-27-20-8-4-5-15-26-20;10-9(11)7-6-8-4-2-1-3-5-8/h1-3,6-7,10-13,20H,4-5,8-9,14-15H2,(H,22,24)(H,23,25);1-7H,(H2,10,11)/b;7-6-/t20-;/m0./s1. The van der Waals surface area contributed by atoms with Crippen molar-refractivity contribution in [3.05, 3.63) is 108 Å². The van der Waals surface area contributed by atoms with Crippen LogP contribution in [0.4, 0.5) is 5.69 Å². The van der Waals surface area contributed by atoms with Crippen LogP contribution >= 0.6 is 0 Å². The van der Waals surface area contributed by atoms with Crippen LogP contribution in [0.5, 0.6) is 0 Å². The predicted octanol–water partition coefficient (Wildman–Crippen LogP) is 4.63. The number of primary amides is 1. The Balaban J connectivity index is 0.000000304. The van der Waals surface area contributed by atoms with Crippen LogP contribution in [0.2, 0.25) is 0 Å². The fourth-order valence-corrected chi connectivity index (χ4v) is 3.56. The molecule has 3 aromatic carbocycles. The lowest BCUT2D eigenvalue weighted by atomic mass is 10.1. The molecule has 3 aromatic rings. The number of nitrogens with two attached hydrogens (primary N) is 1. The van der Waals surface area contributed by atoms with E-state index in [9.17, 15) is 14.4 Å². The monoisotopic (exact) mass is 515 g/mol. The molecule has 0 aliphatic carbocycles. The minimum absolute atomic E-state index is 0.0613. The highest BCUT2D eigenvalue weighted by Gasteiger charge is 2.16. The molecule has 8 heteroatoms. The smallest absolute Gasteiger partial charge is 0.274 e. The lowest BCUT2D eigenvalue weighted by Crippen LogP contribution is -2.33. The van der Waals surface area contributed by atoms with E-state index < -0.39 is 5.91 Å². The maximum Gasteiger partial charge on any atom is 0.274 e. The molecule has 1 aliphatic rings. The number of hydrogen-bond acceptors (Lipinski definition) is 5. The van der Waals surface area contributed by atoms with Gasteiger partial charge < -0.3 is 15.8 Å². The summed E-state index contributed by atoms with van der Waals surface area (Å²) in [7, 11) is 0. The molecule has 0 spiro atoms. The van der Waals surface area contributed by atoms with Crippen molar-refractivity contribution in [3.8, 4) is 0 Å². The Morgan fingerprint density at radius 3 is 2.24 bits per heavy atom. The van der Waals surface area contributed by atoms with Gasteiger partial charge in [0.15, 0.2) is 6.29 Å². The molecule has 0 unspecified atom stereocenters. The van der Waals surface area contributed by atoms with Gasteiger partial charge in [0.05, 0.1) is 0 Å². The Hall–Kier alpha value is -4.27. The second-order valence-electron chi connectivity index (χ2n) is 8.60. The number of hydrogen-bond donors (Lipinski definition) is 3. The largest absolute Gasteiger partial charge is 0.366 e. The van der Waals surface area contributed by atoms with Crippen molar-refractivity contribution < 1.29 is 24.0 Å². The van der Waals surface area contributed by atoms with E-state index in [-0.39, 0.29) is 18.1 Å². The van der Waals surface area contributed by atoms with Gasteiger partial charge in [-0.1, -0.05) is 60.7 Å². The molecule has 38 heavy (non-hydrogen) atoms. The fourth-order valence-electron chi connectivity index (χ4n) is 3.56. The molecule has 0 bridgehead atoms. The number of anilines is 1. The minimum atomic E-state index is -0.422. The van der Waals surface area contributed by atoms with Gasteiger partial charge in [0.2, 0.25) is 11.8 Å². The third-order valence-corrected chi connectivity index (χ3v) is 5.58. The molecule has 1 heterocycles. The average molecular weight is 516 g/mol. The van der Waals surface area contributed by atoms with Crippen molar-refractivity contribution in [1.29, 1.82) is 0 Å². The van der Waals surface area contributed by atoms with E-state index in [0.717, 1.165) is 30.4 Å². The summed E-state index contributed by atoms with van der Waals surface area (Å²) in [5.74, 6) is -0.825. The highest BCUT2D eigenvalue weighted by atomic mass is 16.8. The first-order valence-corrected chi connectivity index (χ1v) is 12.5. The van der Waals surface area contributed by atoms with Gasteiger partial charge in [-0.3, -0.25) is 14.4 Å². The second-order valence-corrected chi connectivity index (χ2v) is 8.60. The summed E-state index contributed by atoms with van der Waals surface area (Å²) >= 11 is 0. The number of carbonyl (C=O) groups excluding carboxylic acids is 3. The number of carbonyl (C=O) groups is 3. The molecule has 1 atom stereocenters. The average Bonchev–Trinajstić information content (AvgIpc) is 2.96. The number of hydroxylamine groups is 1. The SMILES string of the molecule is NC(=O)/C=C\c1ccccc1.O=C(CCc1ccccc1)Nc1ccc(C(=O)NO[C@H]2CCCCO2)cc1. The van der Waals surface area contributed by atoms with Crippen LogP contribution in [-0.2, 0) is 25.6 Å². The van der Waals surface area contributed by atoms with Gasteiger partial charge in [-0.25, -0.2) is 10.3 Å². The van der Waals surface area contributed by atoms with E-state index in [0.29, 0.717) is 30.7 Å². The van der Waals surface area contributed by atoms with Crippen LogP contribution < -0.4 is 16.5 Å². The summed E-state index contributed by atoms with van der Waals surface area (Å²) in [6, 6.07) is 26.1. The lowest BCUT2D eigenvalue weighted by molar-refractivity contribution is -0.186. The summed E-state index contributed by atoms with van der Waals surface area (Å²) in [6.45, 7) is 0.652. The van der Waals surface area contributed by atoms with E-state index in [1.54, 1.807) is 30.3 Å². The third-order valence-electron chi connectivity index (χ3n) is 5.58. The maximum atomic E-state index is 12.1. The number of ether oxygens (including phenoxy) is 1.